The molecule has 0 heterocycles. The molecule has 2 aromatic rings. The summed E-state index contributed by atoms with van der Waals surface area (Å²) >= 11 is 0. The van der Waals surface area contributed by atoms with E-state index in [1.54, 1.807) is 0 Å². The van der Waals surface area contributed by atoms with Crippen LogP contribution in [0.5, 0.6) is 0 Å². The first-order valence-corrected chi connectivity index (χ1v) is 6.13. The molecule has 1 unspecified atom stereocenters. The molecule has 2 aromatic carbocycles. The van der Waals surface area contributed by atoms with E-state index in [2.05, 4.69) is 5.32 Å². The molecule has 0 saturated carbocycles. The molecule has 0 saturated heterocycles. The fourth-order valence-corrected chi connectivity index (χ4v) is 2.13. The lowest BCUT2D eigenvalue weighted by atomic mass is 9.96. The maximum atomic E-state index is 14.0. The summed E-state index contributed by atoms with van der Waals surface area (Å²) in [4.78, 5) is 0. The van der Waals surface area contributed by atoms with Gasteiger partial charge in [-0.25, -0.2) is 22.0 Å². The van der Waals surface area contributed by atoms with Crippen molar-refractivity contribution in [1.82, 2.24) is 5.32 Å². The van der Waals surface area contributed by atoms with Crippen molar-refractivity contribution in [1.29, 1.82) is 0 Å². The lowest BCUT2D eigenvalue weighted by Gasteiger charge is -2.19. The highest BCUT2D eigenvalue weighted by molar-refractivity contribution is 5.36. The molecule has 112 valence electrons. The fourth-order valence-electron chi connectivity index (χ4n) is 2.13. The SMILES string of the molecule is CNC(c1ccc(C)c(F)c1F)c1ccc(F)c(F)c1F. The molecule has 0 aliphatic rings. The minimum Gasteiger partial charge on any atom is -0.309 e. The minimum absolute atomic E-state index is 0.0943. The van der Waals surface area contributed by atoms with Crippen LogP contribution in [0.3, 0.4) is 0 Å². The van der Waals surface area contributed by atoms with Gasteiger partial charge in [-0.2, -0.15) is 0 Å². The molecule has 1 N–H and O–H groups in total. The normalized spacial score (nSPS) is 12.5. The number of hydrogen-bond donors (Lipinski definition) is 1. The second-order valence-electron chi connectivity index (χ2n) is 4.59. The zero-order chi connectivity index (χ0) is 15.7. The topological polar surface area (TPSA) is 12.0 Å². The summed E-state index contributed by atoms with van der Waals surface area (Å²) in [6.45, 7) is 1.38. The molecule has 0 aliphatic carbocycles. The Morgan fingerprint density at radius 3 is 1.86 bits per heavy atom. The monoisotopic (exact) mass is 301 g/mol. The van der Waals surface area contributed by atoms with Crippen LogP contribution in [0.1, 0.15) is 22.7 Å². The van der Waals surface area contributed by atoms with Crippen molar-refractivity contribution >= 4 is 0 Å². The van der Waals surface area contributed by atoms with E-state index in [1.165, 1.54) is 26.1 Å². The maximum absolute atomic E-state index is 14.0. The van der Waals surface area contributed by atoms with E-state index in [1.807, 2.05) is 0 Å². The number of rotatable bonds is 3. The van der Waals surface area contributed by atoms with E-state index >= 15 is 0 Å². The van der Waals surface area contributed by atoms with Gasteiger partial charge in [-0.15, -0.1) is 0 Å². The van der Waals surface area contributed by atoms with E-state index < -0.39 is 35.1 Å². The summed E-state index contributed by atoms with van der Waals surface area (Å²) in [6, 6.07) is 3.19. The second-order valence-corrected chi connectivity index (χ2v) is 4.59. The highest BCUT2D eigenvalue weighted by Crippen LogP contribution is 2.29. The number of aryl methyl sites for hydroxylation is 1. The molecule has 1 atom stereocenters. The van der Waals surface area contributed by atoms with Gasteiger partial charge in [0.25, 0.3) is 0 Å². The van der Waals surface area contributed by atoms with E-state index in [4.69, 9.17) is 0 Å². The standard InChI is InChI=1S/C15H12F5N/c1-7-3-4-8(12(18)11(7)17)15(21-2)9-5-6-10(16)14(20)13(9)19/h3-6,15,21H,1-2H3. The third-order valence-corrected chi connectivity index (χ3v) is 3.28. The molecular weight excluding hydrogens is 289 g/mol. The van der Waals surface area contributed by atoms with Gasteiger partial charge < -0.3 is 5.32 Å². The first-order valence-electron chi connectivity index (χ1n) is 6.13. The number of hydrogen-bond acceptors (Lipinski definition) is 1. The zero-order valence-electron chi connectivity index (χ0n) is 11.3. The molecule has 0 spiro atoms. The first-order chi connectivity index (χ1) is 9.88. The van der Waals surface area contributed by atoms with Crippen LogP contribution >= 0.6 is 0 Å². The van der Waals surface area contributed by atoms with Crippen LogP contribution in [0.2, 0.25) is 0 Å². The van der Waals surface area contributed by atoms with Gasteiger partial charge in [0.15, 0.2) is 29.1 Å². The molecule has 0 aromatic heterocycles. The van der Waals surface area contributed by atoms with Gasteiger partial charge in [0.1, 0.15) is 0 Å². The average Bonchev–Trinajstić information content (AvgIpc) is 2.47. The van der Waals surface area contributed by atoms with Gasteiger partial charge >= 0.3 is 0 Å². The lowest BCUT2D eigenvalue weighted by Crippen LogP contribution is -2.21. The molecular formula is C15H12F5N. The van der Waals surface area contributed by atoms with Gasteiger partial charge in [0.2, 0.25) is 0 Å². The van der Waals surface area contributed by atoms with Gasteiger partial charge in [0.05, 0.1) is 6.04 Å². The Hall–Kier alpha value is -1.95. The zero-order valence-corrected chi connectivity index (χ0v) is 11.3. The third kappa shape index (κ3) is 2.63. The molecule has 0 amide bonds. The van der Waals surface area contributed by atoms with Gasteiger partial charge in [0, 0.05) is 11.1 Å². The van der Waals surface area contributed by atoms with E-state index in [9.17, 15) is 22.0 Å². The maximum Gasteiger partial charge on any atom is 0.194 e. The Labute approximate surface area is 118 Å². The molecule has 0 radical (unpaired) electrons. The van der Waals surface area contributed by atoms with Crippen LogP contribution in [0, 0.1) is 36.0 Å². The van der Waals surface area contributed by atoms with Crippen LogP contribution in [-0.4, -0.2) is 7.05 Å². The van der Waals surface area contributed by atoms with E-state index in [-0.39, 0.29) is 16.7 Å². The largest absolute Gasteiger partial charge is 0.309 e. The summed E-state index contributed by atoms with van der Waals surface area (Å²) in [6.07, 6.45) is 0. The molecule has 0 fully saturated rings. The Bertz CT molecular complexity index is 627. The average molecular weight is 301 g/mol. The van der Waals surface area contributed by atoms with Crippen LogP contribution in [0.4, 0.5) is 22.0 Å². The number of halogens is 5. The molecule has 21 heavy (non-hydrogen) atoms. The molecule has 1 nitrogen and oxygen atoms in total. The van der Waals surface area contributed by atoms with Crippen molar-refractivity contribution < 1.29 is 22.0 Å². The van der Waals surface area contributed by atoms with Gasteiger partial charge in [-0.1, -0.05) is 18.2 Å². The first kappa shape index (κ1) is 15.4. The van der Waals surface area contributed by atoms with Crippen LogP contribution in [-0.2, 0) is 0 Å². The highest BCUT2D eigenvalue weighted by atomic mass is 19.2. The van der Waals surface area contributed by atoms with Crippen LogP contribution in [0.25, 0.3) is 0 Å². The predicted octanol–water partition coefficient (Wildman–Crippen LogP) is 4.00. The van der Waals surface area contributed by atoms with Crippen molar-refractivity contribution in [2.45, 2.75) is 13.0 Å². The van der Waals surface area contributed by atoms with Gasteiger partial charge in [-0.3, -0.25) is 0 Å². The second kappa shape index (κ2) is 5.81. The Morgan fingerprint density at radius 1 is 0.762 bits per heavy atom. The molecule has 6 heteroatoms. The third-order valence-electron chi connectivity index (χ3n) is 3.28. The summed E-state index contributed by atoms with van der Waals surface area (Å²) in [7, 11) is 1.38. The van der Waals surface area contributed by atoms with Crippen molar-refractivity contribution in [2.24, 2.45) is 0 Å². The summed E-state index contributed by atoms with van der Waals surface area (Å²) in [5, 5.41) is 2.57. The Kier molecular flexibility index (Phi) is 4.27. The number of benzene rings is 2. The fraction of sp³-hybridized carbons (Fsp3) is 0.200. The van der Waals surface area contributed by atoms with E-state index in [0.717, 1.165) is 12.1 Å². The Balaban J connectivity index is 2.61. The molecule has 2 rings (SSSR count). The molecule has 0 aliphatic heterocycles. The van der Waals surface area contributed by atoms with Crippen molar-refractivity contribution in [3.8, 4) is 0 Å². The summed E-state index contributed by atoms with van der Waals surface area (Å²) in [5.74, 6) is -6.65. The molecule has 0 bridgehead atoms. The van der Waals surface area contributed by atoms with Crippen LogP contribution < -0.4 is 5.32 Å². The lowest BCUT2D eigenvalue weighted by molar-refractivity contribution is 0.431. The Morgan fingerprint density at radius 2 is 1.29 bits per heavy atom. The summed E-state index contributed by atoms with van der Waals surface area (Å²) in [5.41, 5.74) is -0.402. The van der Waals surface area contributed by atoms with Crippen LogP contribution in [0.15, 0.2) is 24.3 Å². The predicted molar refractivity (Wildman–Crippen MR) is 68.3 cm³/mol. The quantitative estimate of drug-likeness (QED) is 0.667. The highest BCUT2D eigenvalue weighted by Gasteiger charge is 2.25. The van der Waals surface area contributed by atoms with Crippen molar-refractivity contribution in [2.75, 3.05) is 7.05 Å². The van der Waals surface area contributed by atoms with Gasteiger partial charge in [-0.05, 0) is 25.6 Å². The number of nitrogens with one attached hydrogen (secondary N) is 1. The smallest absolute Gasteiger partial charge is 0.194 e. The summed E-state index contributed by atoms with van der Waals surface area (Å²) < 4.78 is 67.7. The van der Waals surface area contributed by atoms with Crippen molar-refractivity contribution in [3.05, 3.63) is 70.0 Å². The van der Waals surface area contributed by atoms with E-state index in [0.29, 0.717) is 0 Å². The van der Waals surface area contributed by atoms with Crippen molar-refractivity contribution in [3.63, 3.8) is 0 Å². The minimum atomic E-state index is -1.65.